The standard InChI is InChI=1S/C16H11BrF2INOS/c1-9-6-10(2-3-13(9)18)22-16-12(8-17)11-4-5-21(23-20)15(11)7-14(16)19/h2-7H,8H2,1H3. The van der Waals surface area contributed by atoms with Crippen LogP contribution < -0.4 is 4.74 Å². The molecule has 2 nitrogen and oxygen atoms in total. The van der Waals surface area contributed by atoms with Crippen LogP contribution in [0, 0.1) is 18.6 Å². The fourth-order valence-electron chi connectivity index (χ4n) is 2.38. The Morgan fingerprint density at radius 2 is 2.00 bits per heavy atom. The first-order valence-corrected chi connectivity index (χ1v) is 11.1. The van der Waals surface area contributed by atoms with E-state index < -0.39 is 5.82 Å². The molecule has 0 saturated heterocycles. The third-order valence-electron chi connectivity index (χ3n) is 3.53. The van der Waals surface area contributed by atoms with Gasteiger partial charge in [0.15, 0.2) is 11.6 Å². The van der Waals surface area contributed by atoms with Crippen LogP contribution in [0.5, 0.6) is 11.5 Å². The largest absolute Gasteiger partial charge is 0.454 e. The molecule has 0 radical (unpaired) electrons. The molecule has 120 valence electrons. The van der Waals surface area contributed by atoms with Gasteiger partial charge in [0.1, 0.15) is 11.6 Å². The number of benzene rings is 2. The molecule has 3 aromatic rings. The number of ether oxygens (including phenoxy) is 1. The molecule has 0 amide bonds. The molecule has 0 aliphatic heterocycles. The molecule has 1 aromatic heterocycles. The highest BCUT2D eigenvalue weighted by molar-refractivity contribution is 14.2. The van der Waals surface area contributed by atoms with Crippen LogP contribution in [-0.2, 0) is 5.33 Å². The van der Waals surface area contributed by atoms with Crippen molar-refractivity contribution in [2.24, 2.45) is 0 Å². The second-order valence-corrected chi connectivity index (χ2v) is 7.23. The van der Waals surface area contributed by atoms with Crippen LogP contribution in [0.2, 0.25) is 0 Å². The summed E-state index contributed by atoms with van der Waals surface area (Å²) in [6, 6.07) is 7.76. The van der Waals surface area contributed by atoms with E-state index in [2.05, 4.69) is 37.1 Å². The summed E-state index contributed by atoms with van der Waals surface area (Å²) < 4.78 is 35.6. The van der Waals surface area contributed by atoms with Gasteiger partial charge in [-0.1, -0.05) is 15.9 Å². The van der Waals surface area contributed by atoms with E-state index >= 15 is 0 Å². The number of hydrogen-bond donors (Lipinski definition) is 0. The molecule has 1 heterocycles. The minimum absolute atomic E-state index is 0.164. The van der Waals surface area contributed by atoms with Gasteiger partial charge in [-0.15, -0.1) is 0 Å². The SMILES string of the molecule is Cc1cc(Oc2c(F)cc3c(ccn3SI)c2CBr)ccc1F. The molecule has 0 spiro atoms. The number of fused-ring (bicyclic) bond motifs is 1. The number of hydrogen-bond acceptors (Lipinski definition) is 2. The summed E-state index contributed by atoms with van der Waals surface area (Å²) in [5.74, 6) is -0.187. The number of aryl methyl sites for hydroxylation is 1. The first kappa shape index (κ1) is 17.0. The fourth-order valence-corrected chi connectivity index (χ4v) is 4.30. The smallest absolute Gasteiger partial charge is 0.168 e. The lowest BCUT2D eigenvalue weighted by molar-refractivity contribution is 0.438. The van der Waals surface area contributed by atoms with Gasteiger partial charge in [-0.3, -0.25) is 3.97 Å². The average Bonchev–Trinajstić information content (AvgIpc) is 2.94. The Labute approximate surface area is 157 Å². The van der Waals surface area contributed by atoms with E-state index in [1.807, 2.05) is 16.2 Å². The quantitative estimate of drug-likeness (QED) is 0.285. The normalized spacial score (nSPS) is 11.2. The fraction of sp³-hybridized carbons (Fsp3) is 0.125. The van der Waals surface area contributed by atoms with Crippen molar-refractivity contribution >= 4 is 57.2 Å². The highest BCUT2D eigenvalue weighted by atomic mass is 127. The van der Waals surface area contributed by atoms with E-state index in [1.165, 1.54) is 27.3 Å². The first-order chi connectivity index (χ1) is 11.0. The molecular weight excluding hydrogens is 499 g/mol. The molecule has 0 unspecified atom stereocenters. The zero-order chi connectivity index (χ0) is 16.6. The summed E-state index contributed by atoms with van der Waals surface area (Å²) in [4.78, 5) is 0. The van der Waals surface area contributed by atoms with Gasteiger partial charge in [0.2, 0.25) is 0 Å². The molecule has 0 atom stereocenters. The van der Waals surface area contributed by atoms with Crippen molar-refractivity contribution in [1.82, 2.24) is 3.97 Å². The summed E-state index contributed by atoms with van der Waals surface area (Å²) in [6.07, 6.45) is 1.89. The van der Waals surface area contributed by atoms with Crippen LogP contribution in [0.25, 0.3) is 10.9 Å². The number of alkyl halides is 1. The van der Waals surface area contributed by atoms with Crippen molar-refractivity contribution in [3.63, 3.8) is 0 Å². The van der Waals surface area contributed by atoms with Crippen LogP contribution in [0.15, 0.2) is 36.5 Å². The molecule has 0 N–H and O–H groups in total. The zero-order valence-electron chi connectivity index (χ0n) is 11.9. The maximum absolute atomic E-state index is 14.6. The summed E-state index contributed by atoms with van der Waals surface area (Å²) in [5, 5.41) is 1.37. The predicted octanol–water partition coefficient (Wildman–Crippen LogP) is 6.76. The van der Waals surface area contributed by atoms with Gasteiger partial charge in [-0.25, -0.2) is 8.78 Å². The van der Waals surface area contributed by atoms with Gasteiger partial charge < -0.3 is 4.74 Å². The van der Waals surface area contributed by atoms with Crippen molar-refractivity contribution in [1.29, 1.82) is 0 Å². The van der Waals surface area contributed by atoms with E-state index in [0.717, 1.165) is 16.5 Å². The van der Waals surface area contributed by atoms with Crippen molar-refractivity contribution in [3.8, 4) is 11.5 Å². The van der Waals surface area contributed by atoms with E-state index in [4.69, 9.17) is 4.74 Å². The van der Waals surface area contributed by atoms with Crippen LogP contribution in [0.3, 0.4) is 0 Å². The predicted molar refractivity (Wildman–Crippen MR) is 103 cm³/mol. The Balaban J connectivity index is 2.12. The second kappa shape index (κ2) is 6.98. The molecule has 0 saturated carbocycles. The molecule has 0 aliphatic carbocycles. The number of rotatable bonds is 4. The van der Waals surface area contributed by atoms with Gasteiger partial charge in [0.05, 0.1) is 5.52 Å². The minimum Gasteiger partial charge on any atom is -0.454 e. The summed E-state index contributed by atoms with van der Waals surface area (Å²) in [7, 11) is 1.47. The van der Waals surface area contributed by atoms with Gasteiger partial charge in [0, 0.05) is 58.9 Å². The lowest BCUT2D eigenvalue weighted by Gasteiger charge is -2.13. The maximum atomic E-state index is 14.6. The molecule has 0 aliphatic rings. The van der Waals surface area contributed by atoms with E-state index in [1.54, 1.807) is 13.0 Å². The van der Waals surface area contributed by atoms with E-state index in [9.17, 15) is 8.78 Å². The molecule has 2 aromatic carbocycles. The van der Waals surface area contributed by atoms with Crippen LogP contribution in [-0.4, -0.2) is 3.97 Å². The minimum atomic E-state index is -0.445. The Kier molecular flexibility index (Phi) is 5.17. The van der Waals surface area contributed by atoms with Crippen LogP contribution in [0.4, 0.5) is 8.78 Å². The Morgan fingerprint density at radius 3 is 2.65 bits per heavy atom. The van der Waals surface area contributed by atoms with Crippen LogP contribution in [0.1, 0.15) is 11.1 Å². The topological polar surface area (TPSA) is 14.2 Å². The van der Waals surface area contributed by atoms with Gasteiger partial charge in [-0.2, -0.15) is 0 Å². The van der Waals surface area contributed by atoms with Crippen molar-refractivity contribution in [2.45, 2.75) is 12.3 Å². The Morgan fingerprint density at radius 1 is 1.22 bits per heavy atom. The summed E-state index contributed by atoms with van der Waals surface area (Å²) in [6.45, 7) is 1.64. The molecular formula is C16H11BrF2INOS. The molecule has 23 heavy (non-hydrogen) atoms. The van der Waals surface area contributed by atoms with E-state index in [-0.39, 0.29) is 11.6 Å². The van der Waals surface area contributed by atoms with Crippen molar-refractivity contribution in [3.05, 3.63) is 59.3 Å². The van der Waals surface area contributed by atoms with Gasteiger partial charge in [-0.05, 0) is 36.8 Å². The Hall–Kier alpha value is -0.800. The lowest BCUT2D eigenvalue weighted by Crippen LogP contribution is -1.96. The Bertz CT molecular complexity index is 884. The summed E-state index contributed by atoms with van der Waals surface area (Å²) >= 11 is 5.56. The van der Waals surface area contributed by atoms with Crippen LogP contribution >= 0.6 is 46.3 Å². The van der Waals surface area contributed by atoms with Crippen molar-refractivity contribution in [2.75, 3.05) is 0 Å². The molecule has 0 bridgehead atoms. The van der Waals surface area contributed by atoms with Gasteiger partial charge >= 0.3 is 0 Å². The highest BCUT2D eigenvalue weighted by Gasteiger charge is 2.18. The third kappa shape index (κ3) is 3.23. The maximum Gasteiger partial charge on any atom is 0.168 e. The molecule has 3 rings (SSSR count). The van der Waals surface area contributed by atoms with E-state index in [0.29, 0.717) is 16.6 Å². The number of halogens is 4. The molecule has 0 fully saturated rings. The average molecular weight is 510 g/mol. The monoisotopic (exact) mass is 509 g/mol. The van der Waals surface area contributed by atoms with Gasteiger partial charge in [0.25, 0.3) is 0 Å². The lowest BCUT2D eigenvalue weighted by atomic mass is 10.1. The van der Waals surface area contributed by atoms with Crippen molar-refractivity contribution < 1.29 is 13.5 Å². The molecule has 7 heteroatoms. The second-order valence-electron chi connectivity index (χ2n) is 4.96. The first-order valence-electron chi connectivity index (χ1n) is 6.66. The highest BCUT2D eigenvalue weighted by Crippen LogP contribution is 2.38. The summed E-state index contributed by atoms with van der Waals surface area (Å²) in [5.41, 5.74) is 1.97. The zero-order valence-corrected chi connectivity index (χ0v) is 16.5. The number of aromatic nitrogens is 1. The third-order valence-corrected chi connectivity index (χ3v) is 5.83. The number of nitrogens with zero attached hydrogens (tertiary/aromatic N) is 1.